The van der Waals surface area contributed by atoms with Crippen molar-refractivity contribution >= 4 is 11.4 Å². The molecule has 0 aliphatic carbocycles. The fraction of sp³-hybridized carbons (Fsp3) is 0.200. The quantitative estimate of drug-likeness (QED) is 0.327. The van der Waals surface area contributed by atoms with Gasteiger partial charge < -0.3 is 24.7 Å². The highest BCUT2D eigenvalue weighted by Crippen LogP contribution is 2.43. The molecule has 2 N–H and O–H groups in total. The molecule has 0 saturated carbocycles. The molecule has 1 saturated heterocycles. The van der Waals surface area contributed by atoms with Crippen molar-refractivity contribution < 1.29 is 9.47 Å². The molecule has 2 aliphatic heterocycles. The molecule has 2 aromatic carbocycles. The van der Waals surface area contributed by atoms with Gasteiger partial charge in [-0.25, -0.2) is 9.67 Å². The zero-order valence-corrected chi connectivity index (χ0v) is 21.7. The molecule has 3 aromatic heterocycles. The van der Waals surface area contributed by atoms with E-state index in [9.17, 15) is 4.79 Å². The van der Waals surface area contributed by atoms with Crippen LogP contribution in [-0.4, -0.2) is 44.4 Å². The van der Waals surface area contributed by atoms with Crippen molar-refractivity contribution in [2.75, 3.05) is 29.9 Å². The molecule has 10 nitrogen and oxygen atoms in total. The summed E-state index contributed by atoms with van der Waals surface area (Å²) in [5, 5.41) is 7.68. The van der Waals surface area contributed by atoms with Gasteiger partial charge in [0.25, 0.3) is 5.56 Å². The zero-order chi connectivity index (χ0) is 26.9. The van der Waals surface area contributed by atoms with Gasteiger partial charge in [0, 0.05) is 55.3 Å². The molecule has 10 heteroatoms. The average molecular weight is 534 g/mol. The maximum absolute atomic E-state index is 12.4. The second-order valence-electron chi connectivity index (χ2n) is 9.87. The second-order valence-corrected chi connectivity index (χ2v) is 9.87. The number of anilines is 2. The summed E-state index contributed by atoms with van der Waals surface area (Å²) in [6.45, 7) is 2.40. The number of para-hydroxylation sites is 1. The third-order valence-electron chi connectivity index (χ3n) is 7.29. The molecule has 1 unspecified atom stereocenters. The first-order valence-electron chi connectivity index (χ1n) is 13.2. The Morgan fingerprint density at radius 3 is 2.92 bits per heavy atom. The molecule has 2 aliphatic rings. The van der Waals surface area contributed by atoms with Gasteiger partial charge in [0.05, 0.1) is 18.5 Å². The summed E-state index contributed by atoms with van der Waals surface area (Å²) in [6, 6.07) is 18.1. The van der Waals surface area contributed by atoms with E-state index in [0.717, 1.165) is 51.5 Å². The first kappa shape index (κ1) is 24.1. The first-order valence-corrected chi connectivity index (χ1v) is 13.2. The monoisotopic (exact) mass is 533 g/mol. The Morgan fingerprint density at radius 1 is 1.05 bits per heavy atom. The van der Waals surface area contributed by atoms with E-state index in [1.54, 1.807) is 23.4 Å². The Balaban J connectivity index is 1.07. The van der Waals surface area contributed by atoms with Crippen LogP contribution < -0.4 is 20.5 Å². The van der Waals surface area contributed by atoms with Crippen molar-refractivity contribution in [3.05, 3.63) is 118 Å². The number of morpholine rings is 1. The maximum Gasteiger partial charge on any atom is 0.271 e. The summed E-state index contributed by atoms with van der Waals surface area (Å²) < 4.78 is 14.3. The van der Waals surface area contributed by atoms with E-state index in [-0.39, 0.29) is 11.7 Å². The minimum absolute atomic E-state index is 0.0907. The number of nitrogens with zero attached hydrogens (tertiary/aromatic N) is 5. The number of hydrogen-bond donors (Lipinski definition) is 2. The maximum atomic E-state index is 12.4. The summed E-state index contributed by atoms with van der Waals surface area (Å²) in [4.78, 5) is 25.6. The third kappa shape index (κ3) is 4.69. The molecule has 0 bridgehead atoms. The lowest BCUT2D eigenvalue weighted by molar-refractivity contribution is 0.0383. The highest BCUT2D eigenvalue weighted by Gasteiger charge is 2.29. The largest absolute Gasteiger partial charge is 0.456 e. The van der Waals surface area contributed by atoms with E-state index in [4.69, 9.17) is 9.47 Å². The number of ether oxygens (including phenoxy) is 2. The molecule has 0 radical (unpaired) electrons. The number of H-pyrrole nitrogens is 1. The van der Waals surface area contributed by atoms with Gasteiger partial charge in [0.2, 0.25) is 0 Å². The molecule has 0 spiro atoms. The average Bonchev–Trinajstić information content (AvgIpc) is 3.55. The number of pyridine rings is 2. The van der Waals surface area contributed by atoms with Crippen LogP contribution in [0.3, 0.4) is 0 Å². The van der Waals surface area contributed by atoms with E-state index in [1.807, 2.05) is 36.5 Å². The molecular formula is C30H27N7O3. The van der Waals surface area contributed by atoms with Crippen LogP contribution in [0, 0.1) is 0 Å². The van der Waals surface area contributed by atoms with Crippen LogP contribution in [0.25, 0.3) is 5.69 Å². The van der Waals surface area contributed by atoms with Gasteiger partial charge in [-0.15, -0.1) is 0 Å². The Bertz CT molecular complexity index is 1720. The van der Waals surface area contributed by atoms with Crippen LogP contribution >= 0.6 is 0 Å². The fourth-order valence-corrected chi connectivity index (χ4v) is 5.32. The minimum atomic E-state index is -0.201. The zero-order valence-electron chi connectivity index (χ0n) is 21.7. The molecule has 5 aromatic rings. The number of hydrogen-bond acceptors (Lipinski definition) is 8. The predicted octanol–water partition coefficient (Wildman–Crippen LogP) is 4.24. The van der Waals surface area contributed by atoms with Crippen LogP contribution in [0.4, 0.5) is 11.4 Å². The third-order valence-corrected chi connectivity index (χ3v) is 7.29. The number of benzene rings is 2. The van der Waals surface area contributed by atoms with E-state index < -0.39 is 0 Å². The number of aromatic nitrogens is 5. The highest BCUT2D eigenvalue weighted by atomic mass is 16.5. The summed E-state index contributed by atoms with van der Waals surface area (Å²) in [5.74, 6) is 1.69. The SMILES string of the molecule is O=c1[nH]cccc1N1CCOC(c2cccc3c2Oc2ccc(NCc4cncc(-n5cncn5)c4)cc2C3)C1. The van der Waals surface area contributed by atoms with Crippen molar-refractivity contribution in [1.82, 2.24) is 24.7 Å². The summed E-state index contributed by atoms with van der Waals surface area (Å²) in [6.07, 6.45) is 8.97. The molecule has 7 rings (SSSR count). The second kappa shape index (κ2) is 10.3. The van der Waals surface area contributed by atoms with Crippen molar-refractivity contribution in [3.8, 4) is 17.2 Å². The van der Waals surface area contributed by atoms with Crippen molar-refractivity contribution in [2.24, 2.45) is 0 Å². The van der Waals surface area contributed by atoms with E-state index in [0.29, 0.717) is 31.9 Å². The topological polar surface area (TPSA) is 110 Å². The van der Waals surface area contributed by atoms with Crippen molar-refractivity contribution in [2.45, 2.75) is 19.1 Å². The Morgan fingerprint density at radius 2 is 2.02 bits per heavy atom. The molecule has 0 amide bonds. The van der Waals surface area contributed by atoms with Crippen LogP contribution in [0.15, 0.2) is 90.6 Å². The Kier molecular flexibility index (Phi) is 6.21. The van der Waals surface area contributed by atoms with Gasteiger partial charge in [0.1, 0.15) is 35.9 Å². The standard InChI is InChI=1S/C30H27N7O3/c38-30-26(5-2-8-33-30)36-9-10-39-28(17-36)25-4-1-3-21-12-22-13-23(6-7-27(22)40-29(21)25)34-15-20-11-24(16-31-14-20)37-19-32-18-35-37/h1-8,11,13-14,16,18-19,28,34H,9-10,12,15,17H2,(H,33,38). The molecular weight excluding hydrogens is 506 g/mol. The predicted molar refractivity (Wildman–Crippen MR) is 150 cm³/mol. The molecule has 5 heterocycles. The van der Waals surface area contributed by atoms with Gasteiger partial charge >= 0.3 is 0 Å². The lowest BCUT2D eigenvalue weighted by Crippen LogP contribution is -2.41. The molecule has 1 atom stereocenters. The van der Waals surface area contributed by atoms with Crippen molar-refractivity contribution in [3.63, 3.8) is 0 Å². The van der Waals surface area contributed by atoms with Crippen LogP contribution in [0.2, 0.25) is 0 Å². The lowest BCUT2D eigenvalue weighted by Gasteiger charge is -2.35. The fourth-order valence-electron chi connectivity index (χ4n) is 5.32. The molecule has 1 fully saturated rings. The summed E-state index contributed by atoms with van der Waals surface area (Å²) in [7, 11) is 0. The van der Waals surface area contributed by atoms with E-state index in [1.165, 1.54) is 6.33 Å². The lowest BCUT2D eigenvalue weighted by atomic mass is 9.95. The first-order chi connectivity index (χ1) is 19.7. The Labute approximate surface area is 230 Å². The minimum Gasteiger partial charge on any atom is -0.456 e. The summed E-state index contributed by atoms with van der Waals surface area (Å²) >= 11 is 0. The number of fused-ring (bicyclic) bond motifs is 2. The highest BCUT2D eigenvalue weighted by molar-refractivity contribution is 5.59. The normalized spacial score (nSPS) is 16.1. The smallest absolute Gasteiger partial charge is 0.271 e. The molecule has 40 heavy (non-hydrogen) atoms. The van der Waals surface area contributed by atoms with Gasteiger partial charge in [-0.05, 0) is 47.5 Å². The number of nitrogens with one attached hydrogen (secondary N) is 2. The van der Waals surface area contributed by atoms with Gasteiger partial charge in [-0.2, -0.15) is 5.10 Å². The Hall–Kier alpha value is -4.96. The van der Waals surface area contributed by atoms with Gasteiger partial charge in [-0.1, -0.05) is 18.2 Å². The van der Waals surface area contributed by atoms with Crippen molar-refractivity contribution in [1.29, 1.82) is 0 Å². The van der Waals surface area contributed by atoms with Crippen LogP contribution in [-0.2, 0) is 17.7 Å². The van der Waals surface area contributed by atoms with Crippen LogP contribution in [0.5, 0.6) is 11.5 Å². The number of aromatic amines is 1. The number of rotatable bonds is 6. The van der Waals surface area contributed by atoms with E-state index in [2.05, 4.69) is 54.5 Å². The van der Waals surface area contributed by atoms with E-state index >= 15 is 0 Å². The summed E-state index contributed by atoms with van der Waals surface area (Å²) in [5.41, 5.74) is 6.71. The molecule has 200 valence electrons. The van der Waals surface area contributed by atoms with Gasteiger partial charge in [-0.3, -0.25) is 9.78 Å². The van der Waals surface area contributed by atoms with Gasteiger partial charge in [0.15, 0.2) is 0 Å². The van der Waals surface area contributed by atoms with Crippen LogP contribution in [0.1, 0.15) is 28.4 Å².